The third kappa shape index (κ3) is 11.6. The van der Waals surface area contributed by atoms with Gasteiger partial charge >= 0.3 is 17.9 Å². The Bertz CT molecular complexity index is 1770. The predicted molar refractivity (Wildman–Crippen MR) is 209 cm³/mol. The highest BCUT2D eigenvalue weighted by atomic mass is 16.8. The first kappa shape index (κ1) is 57.6. The lowest BCUT2D eigenvalue weighted by atomic mass is 9.95. The van der Waals surface area contributed by atoms with Crippen LogP contribution in [0.15, 0.2) is 0 Å². The zero-order chi connectivity index (χ0) is 52.7. The minimum Gasteiger partial charge on any atom is -0.479 e. The van der Waals surface area contributed by atoms with E-state index in [1.165, 1.54) is 14.0 Å². The van der Waals surface area contributed by atoms with E-state index in [0.29, 0.717) is 0 Å². The molecule has 410 valence electrons. The molecule has 0 aromatic carbocycles. The molecule has 6 rings (SSSR count). The lowest BCUT2D eigenvalue weighted by molar-refractivity contribution is -0.394. The van der Waals surface area contributed by atoms with Crippen molar-refractivity contribution in [3.05, 3.63) is 0 Å². The van der Waals surface area contributed by atoms with E-state index >= 15 is 0 Å². The van der Waals surface area contributed by atoms with E-state index in [2.05, 4.69) is 0 Å². The fourth-order valence-electron chi connectivity index (χ4n) is 8.92. The Morgan fingerprint density at radius 2 is 0.746 bits per heavy atom. The first-order valence-corrected chi connectivity index (χ1v) is 21.7. The van der Waals surface area contributed by atoms with Crippen molar-refractivity contribution < 1.29 is 163 Å². The molecule has 0 saturated carbocycles. The van der Waals surface area contributed by atoms with Gasteiger partial charge in [0.25, 0.3) is 0 Å². The molecule has 6 aliphatic heterocycles. The third-order valence-corrected chi connectivity index (χ3v) is 12.8. The number of methoxy groups -OCH3 is 2. The van der Waals surface area contributed by atoms with Gasteiger partial charge in [0.2, 0.25) is 0 Å². The molecule has 6 aliphatic rings. The van der Waals surface area contributed by atoms with E-state index in [-0.39, 0.29) is 0 Å². The van der Waals surface area contributed by atoms with Crippen molar-refractivity contribution in [1.82, 2.24) is 0 Å². The van der Waals surface area contributed by atoms with Crippen LogP contribution in [0.1, 0.15) is 6.92 Å². The third-order valence-electron chi connectivity index (χ3n) is 12.8. The van der Waals surface area contributed by atoms with Crippen molar-refractivity contribution in [2.45, 2.75) is 191 Å². The minimum absolute atomic E-state index is 0.730. The van der Waals surface area contributed by atoms with Gasteiger partial charge in [0.1, 0.15) is 122 Å². The summed E-state index contributed by atoms with van der Waals surface area (Å²) in [6, 6.07) is 0. The van der Waals surface area contributed by atoms with Crippen molar-refractivity contribution in [2.24, 2.45) is 0 Å². The molecule has 30 atom stereocenters. The van der Waals surface area contributed by atoms with Gasteiger partial charge in [-0.25, -0.2) is 14.4 Å². The van der Waals surface area contributed by atoms with Crippen LogP contribution >= 0.6 is 0 Å². The summed E-state index contributed by atoms with van der Waals surface area (Å²) >= 11 is 0. The molecule has 33 nitrogen and oxygen atoms in total. The Morgan fingerprint density at radius 3 is 1.20 bits per heavy atom. The van der Waals surface area contributed by atoms with Gasteiger partial charge in [-0.05, 0) is 6.92 Å². The molecule has 71 heavy (non-hydrogen) atoms. The van der Waals surface area contributed by atoms with Crippen LogP contribution in [0.25, 0.3) is 0 Å². The maximum atomic E-state index is 12.5. The first-order valence-electron chi connectivity index (χ1n) is 21.7. The number of carboxylic acids is 3. The number of carbonyl (C=O) groups is 3. The lowest BCUT2D eigenvalue weighted by Gasteiger charge is -2.49. The highest BCUT2D eigenvalue weighted by Crippen LogP contribution is 2.37. The number of aliphatic hydroxyl groups is 14. The summed E-state index contributed by atoms with van der Waals surface area (Å²) in [5.74, 6) is -5.81. The molecule has 0 bridgehead atoms. The molecule has 33 heteroatoms. The van der Waals surface area contributed by atoms with Crippen LogP contribution in [0.3, 0.4) is 0 Å². The SMILES string of the molecule is CO[C@H]1[C@@H](O)[C@@H](CO)O[C@H](O[C@@H]2[C@H](OC)[C@@H](O)[C@@H](O[C@@H]3[C@@H](O)[C@@H](O[C@H]4O[C@H](C(=O)O)[C@H](O[C@H]5O[C@H](C(=O)O)[C@H](O[C@H]6O[C@H](C(=O)O)[C@H](O)[C@H](O)[C@H]6O)[C@H](O)[C@H]5O)[C@H](O)[C@H]4O)C(O)O[C@H]3C)O[C@@H]2CO)[C@@H]1O. The predicted octanol–water partition coefficient (Wildman–Crippen LogP) is -11.5. The normalized spacial score (nSPS) is 50.8. The fourth-order valence-corrected chi connectivity index (χ4v) is 8.92. The molecule has 0 radical (unpaired) electrons. The second-order valence-corrected chi connectivity index (χ2v) is 17.3. The smallest absolute Gasteiger partial charge is 0.335 e. The van der Waals surface area contributed by atoms with E-state index in [1.54, 1.807) is 0 Å². The van der Waals surface area contributed by atoms with Gasteiger partial charge in [-0.2, -0.15) is 0 Å². The van der Waals surface area contributed by atoms with E-state index in [9.17, 15) is 101 Å². The zero-order valence-corrected chi connectivity index (χ0v) is 37.4. The average Bonchev–Trinajstić information content (AvgIpc) is 3.32. The van der Waals surface area contributed by atoms with E-state index in [0.717, 1.165) is 7.11 Å². The first-order chi connectivity index (χ1) is 33.4. The minimum atomic E-state index is -2.46. The standard InChI is InChI=1S/C38H60O33/c1-6-20(64-38-19(51)23(60-3)21(8(5-40)63-38)65-37-18(50)22(59-2)9(41)7(4-39)62-37)17(49)27(33(58)61-6)69-36-16(48)13(45)25(29(71-36)32(56)57)67-35-15(47)12(44)24(28(70-35)31(54)55)66-34-14(46)10(42)11(43)26(68-34)30(52)53/h6-29,33-51,58H,4-5H2,1-3H3,(H,52,53)(H,54,55)(H,56,57)/t6-,7+,8+,9-,10-,11+,12+,13+,14+,15+,16+,17+,18+,19+,20-,21-,22-,23+,24+,25+,26-,27+,28-,29-,33?,34-,35-,36-,37+,38+/m0/s1. The van der Waals surface area contributed by atoms with E-state index in [4.69, 9.17) is 61.6 Å². The number of ether oxygens (including phenoxy) is 13. The summed E-state index contributed by atoms with van der Waals surface area (Å²) < 4.78 is 70.8. The summed E-state index contributed by atoms with van der Waals surface area (Å²) in [6.07, 6.45) is -60.1. The largest absolute Gasteiger partial charge is 0.479 e. The van der Waals surface area contributed by atoms with Crippen molar-refractivity contribution in [2.75, 3.05) is 27.4 Å². The number of rotatable bonds is 17. The Labute approximate surface area is 399 Å². The summed E-state index contributed by atoms with van der Waals surface area (Å²) in [5, 5.41) is 179. The molecule has 6 fully saturated rings. The second kappa shape index (κ2) is 23.9. The average molecular weight is 1040 g/mol. The lowest BCUT2D eigenvalue weighted by Crippen LogP contribution is -2.68. The van der Waals surface area contributed by atoms with E-state index in [1.807, 2.05) is 0 Å². The highest BCUT2D eigenvalue weighted by Gasteiger charge is 2.59. The summed E-state index contributed by atoms with van der Waals surface area (Å²) in [7, 11) is 2.29. The quantitative estimate of drug-likeness (QED) is 0.0643. The van der Waals surface area contributed by atoms with E-state index < -0.39 is 215 Å². The molecular formula is C38H60O33. The summed E-state index contributed by atoms with van der Waals surface area (Å²) in [4.78, 5) is 36.4. The molecule has 0 amide bonds. The van der Waals surface area contributed by atoms with Crippen molar-refractivity contribution in [3.8, 4) is 0 Å². The Hall–Kier alpha value is -2.67. The van der Waals surface area contributed by atoms with Gasteiger partial charge in [0, 0.05) is 14.2 Å². The number of carboxylic acid groups (broad SMARTS) is 3. The zero-order valence-electron chi connectivity index (χ0n) is 37.4. The molecule has 0 spiro atoms. The Kier molecular flexibility index (Phi) is 19.4. The van der Waals surface area contributed by atoms with Crippen LogP contribution in [0.5, 0.6) is 0 Å². The van der Waals surface area contributed by atoms with Crippen molar-refractivity contribution in [3.63, 3.8) is 0 Å². The highest BCUT2D eigenvalue weighted by molar-refractivity contribution is 5.74. The van der Waals surface area contributed by atoms with Crippen molar-refractivity contribution >= 4 is 17.9 Å². The van der Waals surface area contributed by atoms with Crippen LogP contribution in [0.2, 0.25) is 0 Å². The molecular weight excluding hydrogens is 984 g/mol. The molecule has 0 aliphatic carbocycles. The molecule has 6 saturated heterocycles. The van der Waals surface area contributed by atoms with Crippen LogP contribution in [0.4, 0.5) is 0 Å². The van der Waals surface area contributed by atoms with Gasteiger partial charge in [-0.3, -0.25) is 0 Å². The van der Waals surface area contributed by atoms with Crippen LogP contribution in [-0.2, 0) is 76.0 Å². The van der Waals surface area contributed by atoms with Crippen LogP contribution in [-0.4, -0.2) is 316 Å². The molecule has 0 aromatic heterocycles. The van der Waals surface area contributed by atoms with Gasteiger partial charge in [-0.15, -0.1) is 0 Å². The molecule has 17 N–H and O–H groups in total. The summed E-state index contributed by atoms with van der Waals surface area (Å²) in [5.41, 5.74) is 0. The number of aliphatic hydroxyl groups excluding tert-OH is 14. The second-order valence-electron chi connectivity index (χ2n) is 17.3. The van der Waals surface area contributed by atoms with Gasteiger partial charge in [0.15, 0.2) is 56.1 Å². The maximum Gasteiger partial charge on any atom is 0.335 e. The van der Waals surface area contributed by atoms with Crippen LogP contribution < -0.4 is 0 Å². The molecule has 6 heterocycles. The van der Waals surface area contributed by atoms with Crippen molar-refractivity contribution in [1.29, 1.82) is 0 Å². The maximum absolute atomic E-state index is 12.5. The van der Waals surface area contributed by atoms with Gasteiger partial charge in [-0.1, -0.05) is 0 Å². The molecule has 0 aromatic rings. The Balaban J connectivity index is 1.12. The van der Waals surface area contributed by atoms with Crippen LogP contribution in [0, 0.1) is 0 Å². The van der Waals surface area contributed by atoms with Gasteiger partial charge < -0.3 is 148 Å². The fraction of sp³-hybridized carbons (Fsp3) is 0.921. The summed E-state index contributed by atoms with van der Waals surface area (Å²) in [6.45, 7) is -0.315. The topological polar surface area (TPSA) is 515 Å². The number of aliphatic carboxylic acids is 3. The molecule has 1 unspecified atom stereocenters. The monoisotopic (exact) mass is 1040 g/mol. The Morgan fingerprint density at radius 1 is 0.366 bits per heavy atom. The number of hydrogen-bond acceptors (Lipinski definition) is 30. The van der Waals surface area contributed by atoms with Gasteiger partial charge in [0.05, 0.1) is 19.3 Å². The number of hydrogen-bond donors (Lipinski definition) is 17.